The molecule has 1 aromatic carbocycles. The highest BCUT2D eigenvalue weighted by Crippen LogP contribution is 2.62. The van der Waals surface area contributed by atoms with Crippen LogP contribution in [0, 0.1) is 11.3 Å². The van der Waals surface area contributed by atoms with E-state index in [0.29, 0.717) is 23.5 Å². The van der Waals surface area contributed by atoms with Gasteiger partial charge in [-0.2, -0.15) is 0 Å². The molecule has 1 spiro atoms. The molecule has 3 aliphatic rings. The van der Waals surface area contributed by atoms with Gasteiger partial charge in [-0.15, -0.1) is 24.0 Å². The fraction of sp³-hybridized carbons (Fsp3) is 0.632. The third-order valence-corrected chi connectivity index (χ3v) is 6.53. The monoisotopic (exact) mass is 475 g/mol. The lowest BCUT2D eigenvalue weighted by molar-refractivity contribution is -0.171. The molecule has 1 aliphatic heterocycles. The fourth-order valence-corrected chi connectivity index (χ4v) is 4.94. The zero-order valence-corrected chi connectivity index (χ0v) is 17.9. The first kappa shape index (κ1) is 19.2. The van der Waals surface area contributed by atoms with E-state index in [1.807, 2.05) is 19.2 Å². The number of nitrogens with one attached hydrogen (secondary N) is 2. The van der Waals surface area contributed by atoms with Crippen LogP contribution in [-0.2, 0) is 4.74 Å². The van der Waals surface area contributed by atoms with Crippen molar-refractivity contribution in [1.29, 1.82) is 0 Å². The molecular weight excluding hydrogens is 449 g/mol. The van der Waals surface area contributed by atoms with Gasteiger partial charge in [0.1, 0.15) is 0 Å². The molecule has 0 amide bonds. The molecule has 1 saturated heterocycles. The van der Waals surface area contributed by atoms with Crippen molar-refractivity contribution >= 4 is 41.5 Å². The first-order chi connectivity index (χ1) is 11.6. The van der Waals surface area contributed by atoms with E-state index < -0.39 is 0 Å². The number of guanidine groups is 1. The Hall–Kier alpha value is -0.530. The molecule has 4 rings (SSSR count). The van der Waals surface area contributed by atoms with E-state index in [4.69, 9.17) is 16.3 Å². The lowest BCUT2D eigenvalue weighted by Gasteiger charge is -2.63. The van der Waals surface area contributed by atoms with Crippen molar-refractivity contribution in [3.63, 3.8) is 0 Å². The lowest BCUT2D eigenvalue weighted by Crippen LogP contribution is -2.72. The van der Waals surface area contributed by atoms with E-state index in [9.17, 15) is 0 Å². The van der Waals surface area contributed by atoms with E-state index >= 15 is 0 Å². The van der Waals surface area contributed by atoms with Crippen molar-refractivity contribution in [3.8, 4) is 0 Å². The third kappa shape index (κ3) is 3.28. The van der Waals surface area contributed by atoms with Gasteiger partial charge in [-0.3, -0.25) is 4.99 Å². The van der Waals surface area contributed by atoms with Gasteiger partial charge in [0, 0.05) is 36.1 Å². The molecule has 2 saturated carbocycles. The van der Waals surface area contributed by atoms with Gasteiger partial charge in [0.05, 0.1) is 12.1 Å². The highest BCUT2D eigenvalue weighted by Gasteiger charge is 2.66. The van der Waals surface area contributed by atoms with Gasteiger partial charge < -0.3 is 15.4 Å². The normalized spacial score (nSPS) is 30.5. The average Bonchev–Trinajstić information content (AvgIpc) is 2.95. The minimum atomic E-state index is 0. The number of benzene rings is 1. The Kier molecular flexibility index (Phi) is 5.85. The Labute approximate surface area is 172 Å². The summed E-state index contributed by atoms with van der Waals surface area (Å²) in [5, 5.41) is 8.00. The first-order valence-corrected chi connectivity index (χ1v) is 9.39. The van der Waals surface area contributed by atoms with Crippen molar-refractivity contribution in [2.45, 2.75) is 50.8 Å². The number of halogens is 2. The van der Waals surface area contributed by atoms with Crippen LogP contribution in [0.2, 0.25) is 5.02 Å². The van der Waals surface area contributed by atoms with Crippen molar-refractivity contribution in [3.05, 3.63) is 34.9 Å². The molecule has 4 unspecified atom stereocenters. The van der Waals surface area contributed by atoms with Gasteiger partial charge in [-0.25, -0.2) is 0 Å². The second-order valence-corrected chi connectivity index (χ2v) is 7.88. The largest absolute Gasteiger partial charge is 0.377 e. The van der Waals surface area contributed by atoms with E-state index in [1.54, 1.807) is 0 Å². The fourth-order valence-electron chi connectivity index (χ4n) is 4.81. The van der Waals surface area contributed by atoms with Crippen LogP contribution in [0.4, 0.5) is 0 Å². The van der Waals surface area contributed by atoms with Crippen LogP contribution >= 0.6 is 35.6 Å². The zero-order valence-electron chi connectivity index (χ0n) is 14.8. The number of aliphatic imine (C=N–C) groups is 1. The summed E-state index contributed by atoms with van der Waals surface area (Å²) in [5.41, 5.74) is 1.57. The summed E-state index contributed by atoms with van der Waals surface area (Å²) in [4.78, 5) is 4.46. The Morgan fingerprint density at radius 2 is 2.04 bits per heavy atom. The van der Waals surface area contributed by atoms with Crippen LogP contribution in [-0.4, -0.2) is 31.8 Å². The summed E-state index contributed by atoms with van der Waals surface area (Å²) >= 11 is 5.98. The maximum Gasteiger partial charge on any atom is 0.191 e. The lowest BCUT2D eigenvalue weighted by atomic mass is 9.46. The quantitative estimate of drug-likeness (QED) is 0.392. The second kappa shape index (κ2) is 7.61. The number of hydrogen-bond donors (Lipinski definition) is 2. The molecule has 2 aliphatic carbocycles. The molecule has 6 heteroatoms. The van der Waals surface area contributed by atoms with E-state index in [-0.39, 0.29) is 30.0 Å². The zero-order chi connectivity index (χ0) is 16.7. The summed E-state index contributed by atoms with van der Waals surface area (Å²) in [6.07, 6.45) is 5.56. The number of rotatable bonds is 3. The number of nitrogens with zero attached hydrogens (tertiary/aromatic N) is 1. The summed E-state index contributed by atoms with van der Waals surface area (Å²) < 4.78 is 6.00. The molecular formula is C19H27ClIN3O. The van der Waals surface area contributed by atoms with Crippen LogP contribution in [0.1, 0.15) is 44.2 Å². The smallest absolute Gasteiger partial charge is 0.191 e. The molecule has 1 heterocycles. The predicted molar refractivity (Wildman–Crippen MR) is 113 cm³/mol. The molecule has 3 fully saturated rings. The summed E-state index contributed by atoms with van der Waals surface area (Å²) in [6.45, 7) is 3.07. The first-order valence-electron chi connectivity index (χ1n) is 9.01. The molecule has 0 aromatic heterocycles. The molecule has 138 valence electrons. The highest BCUT2D eigenvalue weighted by molar-refractivity contribution is 14.0. The Bertz CT molecular complexity index is 632. The second-order valence-electron chi connectivity index (χ2n) is 7.44. The highest BCUT2D eigenvalue weighted by atomic mass is 127. The Balaban J connectivity index is 0.00000182. The van der Waals surface area contributed by atoms with Crippen LogP contribution in [0.25, 0.3) is 0 Å². The van der Waals surface area contributed by atoms with Crippen LogP contribution < -0.4 is 10.6 Å². The van der Waals surface area contributed by atoms with Crippen LogP contribution in [0.15, 0.2) is 29.3 Å². The standard InChI is InChI=1S/C19H26ClN3O.HI/c1-12(13-4-6-14(20)7-5-13)22-18(21-2)23-16-15-8-11-24-17(15)19(16)9-3-10-19;/h4-7,12,15-17H,3,8-11H2,1-2H3,(H2,21,22,23);1H. The van der Waals surface area contributed by atoms with Crippen molar-refractivity contribution in [2.75, 3.05) is 13.7 Å². The number of ether oxygens (including phenoxy) is 1. The summed E-state index contributed by atoms with van der Waals surface area (Å²) in [7, 11) is 1.85. The molecule has 2 N–H and O–H groups in total. The van der Waals surface area contributed by atoms with Gasteiger partial charge in [-0.1, -0.05) is 30.2 Å². The van der Waals surface area contributed by atoms with Gasteiger partial charge in [0.2, 0.25) is 0 Å². The van der Waals surface area contributed by atoms with Crippen molar-refractivity contribution < 1.29 is 4.74 Å². The van der Waals surface area contributed by atoms with Crippen molar-refractivity contribution in [1.82, 2.24) is 10.6 Å². The molecule has 0 radical (unpaired) electrons. The minimum absolute atomic E-state index is 0. The van der Waals surface area contributed by atoms with Gasteiger partial charge in [-0.05, 0) is 43.9 Å². The molecule has 4 atom stereocenters. The molecule has 0 bridgehead atoms. The predicted octanol–water partition coefficient (Wildman–Crippen LogP) is 4.14. The summed E-state index contributed by atoms with van der Waals surface area (Å²) in [6, 6.07) is 8.67. The molecule has 25 heavy (non-hydrogen) atoms. The van der Waals surface area contributed by atoms with Gasteiger partial charge >= 0.3 is 0 Å². The topological polar surface area (TPSA) is 45.7 Å². The Morgan fingerprint density at radius 1 is 1.32 bits per heavy atom. The number of fused-ring (bicyclic) bond motifs is 2. The SMILES string of the molecule is CN=C(NC(C)c1ccc(Cl)cc1)NC1C2CCOC2C12CCC2.I. The van der Waals surface area contributed by atoms with E-state index in [2.05, 4.69) is 34.7 Å². The average molecular weight is 476 g/mol. The van der Waals surface area contributed by atoms with E-state index in [1.165, 1.54) is 31.2 Å². The van der Waals surface area contributed by atoms with Crippen molar-refractivity contribution in [2.24, 2.45) is 16.3 Å². The van der Waals surface area contributed by atoms with Crippen LogP contribution in [0.3, 0.4) is 0 Å². The number of hydrogen-bond acceptors (Lipinski definition) is 2. The molecule has 1 aromatic rings. The molecule has 4 nitrogen and oxygen atoms in total. The van der Waals surface area contributed by atoms with E-state index in [0.717, 1.165) is 17.6 Å². The van der Waals surface area contributed by atoms with Gasteiger partial charge in [0.25, 0.3) is 0 Å². The maximum atomic E-state index is 6.00. The Morgan fingerprint density at radius 3 is 2.64 bits per heavy atom. The van der Waals surface area contributed by atoms with Crippen LogP contribution in [0.5, 0.6) is 0 Å². The maximum absolute atomic E-state index is 6.00. The third-order valence-electron chi connectivity index (χ3n) is 6.28. The van der Waals surface area contributed by atoms with Gasteiger partial charge in [0.15, 0.2) is 5.96 Å². The minimum Gasteiger partial charge on any atom is -0.377 e. The summed E-state index contributed by atoms with van der Waals surface area (Å²) in [5.74, 6) is 1.54.